The van der Waals surface area contributed by atoms with Gasteiger partial charge < -0.3 is 15.2 Å². The molecule has 1 aromatic heterocycles. The van der Waals surface area contributed by atoms with Gasteiger partial charge in [-0.05, 0) is 43.3 Å². The van der Waals surface area contributed by atoms with Crippen LogP contribution in [0.1, 0.15) is 16.1 Å². The van der Waals surface area contributed by atoms with Crippen LogP contribution in [0.5, 0.6) is 0 Å². The van der Waals surface area contributed by atoms with Crippen molar-refractivity contribution in [3.63, 3.8) is 0 Å². The Morgan fingerprint density at radius 1 is 1.04 bits per heavy atom. The van der Waals surface area contributed by atoms with Gasteiger partial charge in [-0.25, -0.2) is 4.98 Å². The Morgan fingerprint density at radius 2 is 1.71 bits per heavy atom. The second-order valence-corrected chi connectivity index (χ2v) is 5.85. The molecule has 0 atom stereocenters. The Labute approximate surface area is 141 Å². The highest BCUT2D eigenvalue weighted by Gasteiger charge is 2.08. The molecule has 0 saturated carbocycles. The average molecular weight is 320 g/mol. The predicted molar refractivity (Wildman–Crippen MR) is 97.5 cm³/mol. The summed E-state index contributed by atoms with van der Waals surface area (Å²) in [5.74, 6) is -0.121. The normalized spacial score (nSPS) is 10.5. The molecule has 24 heavy (non-hydrogen) atoms. The summed E-state index contributed by atoms with van der Waals surface area (Å²) in [5.41, 5.74) is 5.41. The molecule has 5 nitrogen and oxygen atoms in total. The maximum atomic E-state index is 12.3. The number of H-pyrrole nitrogens is 1. The van der Waals surface area contributed by atoms with Crippen LogP contribution in [0.15, 0.2) is 54.9 Å². The summed E-state index contributed by atoms with van der Waals surface area (Å²) < 4.78 is 0. The minimum absolute atomic E-state index is 0.121. The number of carbonyl (C=O) groups excluding carboxylic acids is 1. The van der Waals surface area contributed by atoms with Crippen LogP contribution in [0.2, 0.25) is 0 Å². The monoisotopic (exact) mass is 320 g/mol. The minimum atomic E-state index is -0.121. The zero-order chi connectivity index (χ0) is 17.1. The number of aromatic nitrogens is 2. The number of benzene rings is 2. The summed E-state index contributed by atoms with van der Waals surface area (Å²) in [7, 11) is 3.94. The minimum Gasteiger partial charge on any atom is -0.378 e. The molecule has 3 aromatic rings. The van der Waals surface area contributed by atoms with Crippen LogP contribution in [-0.2, 0) is 0 Å². The molecule has 0 aliphatic heterocycles. The Balaban J connectivity index is 1.71. The lowest BCUT2D eigenvalue weighted by molar-refractivity contribution is 0.102. The van der Waals surface area contributed by atoms with E-state index >= 15 is 0 Å². The molecule has 0 aliphatic rings. The smallest absolute Gasteiger partial charge is 0.255 e. The molecule has 0 aliphatic carbocycles. The Kier molecular flexibility index (Phi) is 4.33. The van der Waals surface area contributed by atoms with Gasteiger partial charge >= 0.3 is 0 Å². The molecule has 122 valence electrons. The van der Waals surface area contributed by atoms with Crippen molar-refractivity contribution in [2.75, 3.05) is 24.3 Å². The van der Waals surface area contributed by atoms with E-state index in [4.69, 9.17) is 0 Å². The summed E-state index contributed by atoms with van der Waals surface area (Å²) >= 11 is 0. The number of hydrogen-bond acceptors (Lipinski definition) is 3. The summed E-state index contributed by atoms with van der Waals surface area (Å²) in [6.07, 6.45) is 1.68. The molecule has 2 aromatic carbocycles. The van der Waals surface area contributed by atoms with Crippen LogP contribution in [-0.4, -0.2) is 30.0 Å². The van der Waals surface area contributed by atoms with E-state index in [9.17, 15) is 4.79 Å². The largest absolute Gasteiger partial charge is 0.378 e. The fraction of sp³-hybridized carbons (Fsp3) is 0.158. The van der Waals surface area contributed by atoms with Gasteiger partial charge in [-0.2, -0.15) is 0 Å². The lowest BCUT2D eigenvalue weighted by Gasteiger charge is -2.12. The van der Waals surface area contributed by atoms with Crippen LogP contribution in [0, 0.1) is 6.92 Å². The highest BCUT2D eigenvalue weighted by molar-refractivity contribution is 6.04. The van der Waals surface area contributed by atoms with Crippen LogP contribution in [0.4, 0.5) is 11.4 Å². The third-order valence-electron chi connectivity index (χ3n) is 3.89. The number of nitrogens with zero attached hydrogens (tertiary/aromatic N) is 2. The fourth-order valence-corrected chi connectivity index (χ4v) is 2.48. The van der Waals surface area contributed by atoms with Crippen molar-refractivity contribution in [3.8, 4) is 11.3 Å². The van der Waals surface area contributed by atoms with Gasteiger partial charge in [0.25, 0.3) is 5.91 Å². The molecular formula is C19H20N4O. The van der Waals surface area contributed by atoms with Gasteiger partial charge in [-0.15, -0.1) is 0 Å². The Hall–Kier alpha value is -3.08. The number of rotatable bonds is 4. The van der Waals surface area contributed by atoms with E-state index in [1.807, 2.05) is 74.4 Å². The molecule has 0 unspecified atom stereocenters. The first-order valence-corrected chi connectivity index (χ1v) is 7.74. The van der Waals surface area contributed by atoms with Crippen molar-refractivity contribution in [1.82, 2.24) is 9.97 Å². The average Bonchev–Trinajstić information content (AvgIpc) is 3.01. The van der Waals surface area contributed by atoms with Gasteiger partial charge in [-0.1, -0.05) is 12.1 Å². The summed E-state index contributed by atoms with van der Waals surface area (Å²) in [4.78, 5) is 21.7. The lowest BCUT2D eigenvalue weighted by Crippen LogP contribution is -2.13. The van der Waals surface area contributed by atoms with E-state index in [1.54, 1.807) is 6.33 Å². The van der Waals surface area contributed by atoms with Gasteiger partial charge in [0.2, 0.25) is 0 Å². The molecule has 1 amide bonds. The Bertz CT molecular complexity index is 833. The van der Waals surface area contributed by atoms with E-state index in [0.717, 1.165) is 28.3 Å². The lowest BCUT2D eigenvalue weighted by atomic mass is 10.1. The summed E-state index contributed by atoms with van der Waals surface area (Å²) in [6.45, 7) is 1.98. The Morgan fingerprint density at radius 3 is 2.25 bits per heavy atom. The number of carbonyl (C=O) groups is 1. The molecule has 1 heterocycles. The molecule has 2 N–H and O–H groups in total. The summed E-state index contributed by atoms with van der Waals surface area (Å²) in [5, 5.41) is 2.91. The van der Waals surface area contributed by atoms with Crippen molar-refractivity contribution < 1.29 is 4.79 Å². The van der Waals surface area contributed by atoms with Gasteiger partial charge in [0.15, 0.2) is 0 Å². The van der Waals surface area contributed by atoms with Crippen molar-refractivity contribution >= 4 is 17.3 Å². The fourth-order valence-electron chi connectivity index (χ4n) is 2.48. The maximum Gasteiger partial charge on any atom is 0.255 e. The third kappa shape index (κ3) is 3.30. The molecule has 0 spiro atoms. The van der Waals surface area contributed by atoms with E-state index < -0.39 is 0 Å². The van der Waals surface area contributed by atoms with Crippen LogP contribution >= 0.6 is 0 Å². The van der Waals surface area contributed by atoms with Crippen LogP contribution in [0.3, 0.4) is 0 Å². The second kappa shape index (κ2) is 6.58. The van der Waals surface area contributed by atoms with E-state index in [1.165, 1.54) is 0 Å². The zero-order valence-electron chi connectivity index (χ0n) is 14.0. The zero-order valence-corrected chi connectivity index (χ0v) is 14.0. The first-order chi connectivity index (χ1) is 11.5. The quantitative estimate of drug-likeness (QED) is 0.770. The highest BCUT2D eigenvalue weighted by Crippen LogP contribution is 2.22. The van der Waals surface area contributed by atoms with Crippen LogP contribution < -0.4 is 10.2 Å². The van der Waals surface area contributed by atoms with E-state index in [-0.39, 0.29) is 5.91 Å². The van der Waals surface area contributed by atoms with Crippen LogP contribution in [0.25, 0.3) is 11.3 Å². The van der Waals surface area contributed by atoms with Gasteiger partial charge in [0, 0.05) is 42.3 Å². The molecule has 0 fully saturated rings. The standard InChI is InChI=1S/C19H20N4O/c1-13-18(21-12-20-13)14-4-8-16(9-5-14)22-19(24)15-6-10-17(11-7-15)23(2)3/h4-12H,1-3H3,(H,20,21)(H,22,24). The molecule has 0 bridgehead atoms. The molecule has 0 saturated heterocycles. The first-order valence-electron chi connectivity index (χ1n) is 7.74. The van der Waals surface area contributed by atoms with Gasteiger partial charge in [-0.3, -0.25) is 4.79 Å². The molecule has 3 rings (SSSR count). The highest BCUT2D eigenvalue weighted by atomic mass is 16.1. The topological polar surface area (TPSA) is 61.0 Å². The summed E-state index contributed by atoms with van der Waals surface area (Å²) in [6, 6.07) is 15.2. The number of nitrogens with one attached hydrogen (secondary N) is 2. The maximum absolute atomic E-state index is 12.3. The third-order valence-corrected chi connectivity index (χ3v) is 3.89. The molecular weight excluding hydrogens is 300 g/mol. The predicted octanol–water partition coefficient (Wildman–Crippen LogP) is 3.70. The molecule has 5 heteroatoms. The molecule has 0 radical (unpaired) electrons. The number of imidazole rings is 1. The number of hydrogen-bond donors (Lipinski definition) is 2. The van der Waals surface area contributed by atoms with Crippen molar-refractivity contribution in [3.05, 3.63) is 66.1 Å². The van der Waals surface area contributed by atoms with Crippen molar-refractivity contribution in [1.29, 1.82) is 0 Å². The second-order valence-electron chi connectivity index (χ2n) is 5.85. The van der Waals surface area contributed by atoms with Gasteiger partial charge in [0.1, 0.15) is 0 Å². The SMILES string of the molecule is Cc1[nH]cnc1-c1ccc(NC(=O)c2ccc(N(C)C)cc2)cc1. The van der Waals surface area contributed by atoms with Gasteiger partial charge in [0.05, 0.1) is 12.0 Å². The van der Waals surface area contributed by atoms with Crippen molar-refractivity contribution in [2.45, 2.75) is 6.92 Å². The first kappa shape index (κ1) is 15.8. The number of aryl methyl sites for hydroxylation is 1. The van der Waals surface area contributed by atoms with E-state index in [2.05, 4.69) is 15.3 Å². The van der Waals surface area contributed by atoms with E-state index in [0.29, 0.717) is 5.56 Å². The number of amides is 1. The number of aromatic amines is 1. The van der Waals surface area contributed by atoms with Crippen molar-refractivity contribution in [2.24, 2.45) is 0 Å². The number of anilines is 2.